The van der Waals surface area contributed by atoms with E-state index in [0.29, 0.717) is 13.0 Å². The largest absolute Gasteiger partial charge is 0.492 e. The molecule has 2 aromatic rings. The third kappa shape index (κ3) is 6.78. The molecular weight excluding hydrogens is 392 g/mol. The number of carbonyl (C=O) groups is 3. The lowest BCUT2D eigenvalue weighted by Crippen LogP contribution is -2.28. The van der Waals surface area contributed by atoms with Gasteiger partial charge in [-0.1, -0.05) is 48.3 Å². The zero-order valence-corrected chi connectivity index (χ0v) is 16.8. The summed E-state index contributed by atoms with van der Waals surface area (Å²) in [4.78, 5) is 44.1. The summed E-state index contributed by atoms with van der Waals surface area (Å²) >= 11 is 0. The Morgan fingerprint density at radius 1 is 1.07 bits per heavy atom. The molecule has 0 bridgehead atoms. The fraction of sp³-hybridized carbons (Fsp3) is 0.286. The Hall–Kier alpha value is -3.59. The van der Waals surface area contributed by atoms with Crippen LogP contribution < -0.4 is 16.0 Å². The highest BCUT2D eigenvalue weighted by Crippen LogP contribution is 2.26. The van der Waals surface area contributed by atoms with Gasteiger partial charge in [-0.15, -0.1) is 0 Å². The predicted molar refractivity (Wildman–Crippen MR) is 107 cm³/mol. The number of anilines is 1. The van der Waals surface area contributed by atoms with Crippen molar-refractivity contribution < 1.29 is 33.7 Å². The van der Waals surface area contributed by atoms with Crippen molar-refractivity contribution in [3.8, 4) is 5.75 Å². The SMILES string of the molecule is CCC(OC(C)=O)C(=O)OONc1cccc(OCCc2ccccc2)c1C(N)=O. The van der Waals surface area contributed by atoms with E-state index in [-0.39, 0.29) is 23.4 Å². The van der Waals surface area contributed by atoms with E-state index in [2.05, 4.69) is 10.4 Å². The lowest BCUT2D eigenvalue weighted by molar-refractivity contribution is -0.263. The number of hydrogen-bond acceptors (Lipinski definition) is 8. The molecule has 1 amide bonds. The molecule has 0 heterocycles. The topological polar surface area (TPSA) is 126 Å². The summed E-state index contributed by atoms with van der Waals surface area (Å²) in [5.41, 5.74) is 9.08. The molecule has 2 rings (SSSR count). The molecule has 0 aliphatic carbocycles. The van der Waals surface area contributed by atoms with Gasteiger partial charge in [0.25, 0.3) is 5.91 Å². The summed E-state index contributed by atoms with van der Waals surface area (Å²) in [6.07, 6.45) is -0.258. The van der Waals surface area contributed by atoms with E-state index in [4.69, 9.17) is 20.2 Å². The third-order valence-electron chi connectivity index (χ3n) is 3.98. The number of esters is 1. The van der Waals surface area contributed by atoms with Gasteiger partial charge in [-0.2, -0.15) is 0 Å². The Kier molecular flexibility index (Phi) is 8.64. The lowest BCUT2D eigenvalue weighted by atomic mass is 10.1. The second-order valence-corrected chi connectivity index (χ2v) is 6.22. The minimum atomic E-state index is -1.10. The smallest absolute Gasteiger partial charge is 0.385 e. The average Bonchev–Trinajstić information content (AvgIpc) is 2.72. The number of nitrogens with two attached hydrogens (primary N) is 1. The van der Waals surface area contributed by atoms with Crippen LogP contribution in [-0.2, 0) is 30.6 Å². The quantitative estimate of drug-likeness (QED) is 0.325. The van der Waals surface area contributed by atoms with E-state index in [9.17, 15) is 14.4 Å². The van der Waals surface area contributed by atoms with Gasteiger partial charge in [0.05, 0.1) is 12.3 Å². The molecule has 0 spiro atoms. The summed E-state index contributed by atoms with van der Waals surface area (Å²) in [5, 5.41) is 0. The molecule has 3 N–H and O–H groups in total. The van der Waals surface area contributed by atoms with Crippen LogP contribution in [0.4, 0.5) is 5.69 Å². The van der Waals surface area contributed by atoms with Crippen molar-refractivity contribution in [2.24, 2.45) is 5.73 Å². The molecule has 9 nitrogen and oxygen atoms in total. The molecule has 2 aromatic carbocycles. The van der Waals surface area contributed by atoms with Crippen molar-refractivity contribution in [2.45, 2.75) is 32.8 Å². The highest BCUT2D eigenvalue weighted by Gasteiger charge is 2.23. The first-order chi connectivity index (χ1) is 14.4. The molecule has 0 fully saturated rings. The zero-order chi connectivity index (χ0) is 21.9. The van der Waals surface area contributed by atoms with Crippen molar-refractivity contribution in [1.29, 1.82) is 0 Å². The van der Waals surface area contributed by atoms with Crippen molar-refractivity contribution in [1.82, 2.24) is 0 Å². The van der Waals surface area contributed by atoms with Gasteiger partial charge in [0, 0.05) is 13.3 Å². The van der Waals surface area contributed by atoms with Gasteiger partial charge in [-0.3, -0.25) is 14.5 Å². The summed E-state index contributed by atoms with van der Waals surface area (Å²) < 4.78 is 10.5. The monoisotopic (exact) mass is 416 g/mol. The van der Waals surface area contributed by atoms with Gasteiger partial charge in [0.1, 0.15) is 11.3 Å². The van der Waals surface area contributed by atoms with Gasteiger partial charge in [0.15, 0.2) is 0 Å². The molecule has 0 saturated heterocycles. The molecule has 0 aliphatic heterocycles. The second-order valence-electron chi connectivity index (χ2n) is 6.22. The number of carbonyl (C=O) groups excluding carboxylic acids is 3. The number of ether oxygens (including phenoxy) is 2. The van der Waals surface area contributed by atoms with Crippen molar-refractivity contribution in [2.75, 3.05) is 12.1 Å². The number of nitrogens with one attached hydrogen (secondary N) is 1. The molecule has 160 valence electrons. The van der Waals surface area contributed by atoms with Crippen molar-refractivity contribution in [3.05, 3.63) is 59.7 Å². The van der Waals surface area contributed by atoms with Gasteiger partial charge in [-0.25, -0.2) is 10.3 Å². The molecular formula is C21H24N2O7. The Labute approximate surface area is 173 Å². The average molecular weight is 416 g/mol. The number of hydrogen-bond donors (Lipinski definition) is 2. The van der Waals surface area contributed by atoms with Crippen LogP contribution in [0.15, 0.2) is 48.5 Å². The van der Waals surface area contributed by atoms with Crippen LogP contribution in [0, 0.1) is 0 Å². The van der Waals surface area contributed by atoms with Crippen LogP contribution in [0.25, 0.3) is 0 Å². The molecule has 0 saturated carbocycles. The fourth-order valence-electron chi connectivity index (χ4n) is 2.57. The maximum Gasteiger partial charge on any atom is 0.385 e. The summed E-state index contributed by atoms with van der Waals surface area (Å²) in [5.74, 6) is -2.03. The summed E-state index contributed by atoms with van der Waals surface area (Å²) in [6.45, 7) is 3.14. The van der Waals surface area contributed by atoms with Crippen molar-refractivity contribution in [3.63, 3.8) is 0 Å². The van der Waals surface area contributed by atoms with E-state index >= 15 is 0 Å². The number of benzene rings is 2. The molecule has 9 heteroatoms. The van der Waals surface area contributed by atoms with E-state index < -0.39 is 23.9 Å². The standard InChI is InChI=1S/C21H24N2O7/c1-3-17(28-14(2)24)21(26)29-30-23-16-10-7-11-18(19(16)20(22)25)27-13-12-15-8-5-4-6-9-15/h4-11,17,23H,3,12-13H2,1-2H3,(H2,22,25). The lowest BCUT2D eigenvalue weighted by Gasteiger charge is -2.15. The van der Waals surface area contributed by atoms with Gasteiger partial charge >= 0.3 is 11.9 Å². The Bertz CT molecular complexity index is 871. The third-order valence-corrected chi connectivity index (χ3v) is 3.98. The predicted octanol–water partition coefficient (Wildman–Crippen LogP) is 2.55. The first kappa shape index (κ1) is 22.7. The minimum absolute atomic E-state index is 0.0358. The molecule has 1 unspecified atom stereocenters. The van der Waals surface area contributed by atoms with Crippen molar-refractivity contribution >= 4 is 23.5 Å². The summed E-state index contributed by atoms with van der Waals surface area (Å²) in [6, 6.07) is 14.4. The van der Waals surface area contributed by atoms with Gasteiger partial charge in [-0.05, 0) is 24.1 Å². The van der Waals surface area contributed by atoms with Crippen LogP contribution in [0.2, 0.25) is 0 Å². The Morgan fingerprint density at radius 3 is 2.43 bits per heavy atom. The highest BCUT2D eigenvalue weighted by atomic mass is 17.3. The zero-order valence-electron chi connectivity index (χ0n) is 16.8. The van der Waals surface area contributed by atoms with Crippen LogP contribution in [0.3, 0.4) is 0 Å². The van der Waals surface area contributed by atoms with Crippen LogP contribution in [0.1, 0.15) is 36.2 Å². The minimum Gasteiger partial charge on any atom is -0.492 e. The second kappa shape index (κ2) is 11.4. The maximum absolute atomic E-state index is 11.9. The van der Waals surface area contributed by atoms with Gasteiger partial charge < -0.3 is 15.2 Å². The number of primary amides is 1. The normalized spacial score (nSPS) is 11.3. The van der Waals surface area contributed by atoms with E-state index in [1.807, 2.05) is 30.3 Å². The van der Waals surface area contributed by atoms with E-state index in [1.165, 1.54) is 13.0 Å². The van der Waals surface area contributed by atoms with E-state index in [1.54, 1.807) is 19.1 Å². The van der Waals surface area contributed by atoms with Crippen LogP contribution >= 0.6 is 0 Å². The van der Waals surface area contributed by atoms with Crippen LogP contribution in [-0.4, -0.2) is 30.6 Å². The Balaban J connectivity index is 1.98. The molecule has 1 atom stereocenters. The Morgan fingerprint density at radius 2 is 1.80 bits per heavy atom. The first-order valence-corrected chi connectivity index (χ1v) is 9.32. The molecule has 0 aliphatic rings. The fourth-order valence-corrected chi connectivity index (χ4v) is 2.57. The highest BCUT2D eigenvalue weighted by molar-refractivity contribution is 6.01. The maximum atomic E-state index is 11.9. The summed E-state index contributed by atoms with van der Waals surface area (Å²) in [7, 11) is 0. The van der Waals surface area contributed by atoms with Gasteiger partial charge in [0.2, 0.25) is 6.10 Å². The first-order valence-electron chi connectivity index (χ1n) is 9.32. The molecule has 0 radical (unpaired) electrons. The number of rotatable bonds is 11. The number of amides is 1. The molecule has 0 aromatic heterocycles. The van der Waals surface area contributed by atoms with Crippen LogP contribution in [0.5, 0.6) is 5.75 Å². The van der Waals surface area contributed by atoms with E-state index in [0.717, 1.165) is 5.56 Å². The molecule has 30 heavy (non-hydrogen) atoms.